The van der Waals surface area contributed by atoms with E-state index in [-0.39, 0.29) is 0 Å². The molecule has 0 saturated heterocycles. The quantitative estimate of drug-likeness (QED) is 0.0954. The molecule has 0 bridgehead atoms. The SMILES string of the molecule is C/C=C(\C=C/CC)N(c1ccccc1)c1ccc(N(c2ccccc2)c2ccc(-c3nc4c(C)ccc(C)c4nc3-c3ccc(N(c4ccccc4)c4ccc(N(C)c5ccccc5)cc4)cc3)cc2)cc1. The molecule has 6 nitrogen and oxygen atoms in total. The number of nitrogens with zero attached hydrogens (tertiary/aromatic N) is 6. The van der Waals surface area contributed by atoms with Crippen LogP contribution in [0.1, 0.15) is 31.4 Å². The van der Waals surface area contributed by atoms with Crippen molar-refractivity contribution in [3.05, 3.63) is 266 Å². The molecule has 0 aliphatic heterocycles. The molecule has 0 fully saturated rings. The van der Waals surface area contributed by atoms with Gasteiger partial charge in [0.1, 0.15) is 0 Å². The molecule has 10 rings (SSSR count). The van der Waals surface area contributed by atoms with Gasteiger partial charge in [0.05, 0.1) is 22.4 Å². The summed E-state index contributed by atoms with van der Waals surface area (Å²) in [7, 11) is 2.10. The maximum atomic E-state index is 5.46. The Morgan fingerprint density at radius 1 is 0.389 bits per heavy atom. The highest BCUT2D eigenvalue weighted by Gasteiger charge is 2.20. The molecule has 72 heavy (non-hydrogen) atoms. The third-order valence-electron chi connectivity index (χ3n) is 13.2. The largest absolute Gasteiger partial charge is 0.345 e. The first-order valence-electron chi connectivity index (χ1n) is 24.7. The van der Waals surface area contributed by atoms with Crippen molar-refractivity contribution in [1.82, 2.24) is 9.97 Å². The number of rotatable bonds is 15. The molecule has 0 radical (unpaired) electrons. The molecule has 9 aromatic carbocycles. The Morgan fingerprint density at radius 2 is 0.694 bits per heavy atom. The predicted molar refractivity (Wildman–Crippen MR) is 306 cm³/mol. The summed E-state index contributed by atoms with van der Waals surface area (Å²) in [5.41, 5.74) is 19.5. The molecule has 0 unspecified atom stereocenters. The Bertz CT molecular complexity index is 3450. The number of hydrogen-bond acceptors (Lipinski definition) is 6. The van der Waals surface area contributed by atoms with Gasteiger partial charge in [0, 0.05) is 80.7 Å². The van der Waals surface area contributed by atoms with Gasteiger partial charge in [0.2, 0.25) is 0 Å². The Kier molecular flexibility index (Phi) is 13.8. The smallest absolute Gasteiger partial charge is 0.0973 e. The van der Waals surface area contributed by atoms with E-state index in [9.17, 15) is 0 Å². The van der Waals surface area contributed by atoms with Gasteiger partial charge in [-0.25, -0.2) is 9.97 Å². The summed E-state index contributed by atoms with van der Waals surface area (Å²) in [6, 6.07) is 81.5. The number of anilines is 10. The van der Waals surface area contributed by atoms with Crippen LogP contribution in [-0.2, 0) is 0 Å². The molecule has 0 spiro atoms. The number of hydrogen-bond donors (Lipinski definition) is 0. The van der Waals surface area contributed by atoms with E-state index in [0.717, 1.165) is 114 Å². The summed E-state index contributed by atoms with van der Waals surface area (Å²) in [6.07, 6.45) is 7.54. The zero-order valence-electron chi connectivity index (χ0n) is 41.6. The average Bonchev–Trinajstić information content (AvgIpc) is 3.44. The van der Waals surface area contributed by atoms with Gasteiger partial charge in [-0.1, -0.05) is 128 Å². The standard InChI is InChI=1S/C66H58N6/c1-6-8-21-52(7-2)70(55-24-15-10-16-25-55)60-44-46-62(47-45-60)72(57-28-19-12-20-29-57)59-38-34-51(35-39-59)66-65(67-63-48(3)30-31-49(4)64(63)68-66)50-32-36-58(37-33-50)71(56-26-17-11-18-27-56)61-42-40-54(41-43-61)69(5)53-22-13-9-14-23-53/h7-47H,6H2,1-5H3/b21-8-,52-7+. The van der Waals surface area contributed by atoms with E-state index in [1.54, 1.807) is 0 Å². The van der Waals surface area contributed by atoms with E-state index in [2.05, 4.69) is 297 Å². The second-order valence-corrected chi connectivity index (χ2v) is 17.9. The zero-order valence-corrected chi connectivity index (χ0v) is 41.6. The van der Waals surface area contributed by atoms with E-state index >= 15 is 0 Å². The van der Waals surface area contributed by atoms with Gasteiger partial charge in [0.25, 0.3) is 0 Å². The van der Waals surface area contributed by atoms with E-state index in [1.807, 2.05) is 6.07 Å². The van der Waals surface area contributed by atoms with E-state index < -0.39 is 0 Å². The fourth-order valence-electron chi connectivity index (χ4n) is 9.32. The fourth-order valence-corrected chi connectivity index (χ4v) is 9.32. The van der Waals surface area contributed by atoms with Crippen molar-refractivity contribution in [2.45, 2.75) is 34.1 Å². The summed E-state index contributed by atoms with van der Waals surface area (Å²) >= 11 is 0. The minimum Gasteiger partial charge on any atom is -0.345 e. The maximum Gasteiger partial charge on any atom is 0.0973 e. The molecule has 352 valence electrons. The molecule has 1 aromatic heterocycles. The summed E-state index contributed by atoms with van der Waals surface area (Å²) in [5, 5.41) is 0. The molecule has 6 heteroatoms. The average molecular weight is 935 g/mol. The molecular weight excluding hydrogens is 877 g/mol. The number of benzene rings is 9. The molecule has 0 amide bonds. The van der Waals surface area contributed by atoms with Gasteiger partial charge in [-0.15, -0.1) is 0 Å². The van der Waals surface area contributed by atoms with Crippen molar-refractivity contribution < 1.29 is 0 Å². The van der Waals surface area contributed by atoms with Crippen molar-refractivity contribution in [2.75, 3.05) is 26.6 Å². The summed E-state index contributed by atoms with van der Waals surface area (Å²) < 4.78 is 0. The van der Waals surface area contributed by atoms with Gasteiger partial charge in [-0.05, 0) is 166 Å². The Hall–Kier alpha value is -9.00. The Labute approximate surface area is 424 Å². The summed E-state index contributed by atoms with van der Waals surface area (Å²) in [5.74, 6) is 0. The van der Waals surface area contributed by atoms with Crippen LogP contribution >= 0.6 is 0 Å². The van der Waals surface area contributed by atoms with Crippen LogP contribution in [0.25, 0.3) is 33.5 Å². The van der Waals surface area contributed by atoms with Gasteiger partial charge in [-0.3, -0.25) is 0 Å². The number of para-hydroxylation sites is 4. The fraction of sp³-hybridized carbons (Fsp3) is 0.0909. The maximum absolute atomic E-state index is 5.46. The second-order valence-electron chi connectivity index (χ2n) is 17.9. The van der Waals surface area contributed by atoms with Gasteiger partial charge < -0.3 is 19.6 Å². The minimum atomic E-state index is 0.835. The van der Waals surface area contributed by atoms with Crippen molar-refractivity contribution in [3.63, 3.8) is 0 Å². The first kappa shape index (κ1) is 46.7. The molecule has 1 heterocycles. The number of fused-ring (bicyclic) bond motifs is 1. The van der Waals surface area contributed by atoms with Crippen LogP contribution in [0.4, 0.5) is 56.9 Å². The monoisotopic (exact) mass is 934 g/mol. The highest BCUT2D eigenvalue weighted by molar-refractivity contribution is 5.91. The van der Waals surface area contributed by atoms with Crippen molar-refractivity contribution in [3.8, 4) is 22.5 Å². The topological polar surface area (TPSA) is 38.7 Å². The van der Waals surface area contributed by atoms with E-state index in [1.165, 1.54) is 0 Å². The van der Waals surface area contributed by atoms with Crippen LogP contribution in [0.2, 0.25) is 0 Å². The van der Waals surface area contributed by atoms with E-state index in [4.69, 9.17) is 9.97 Å². The minimum absolute atomic E-state index is 0.835. The predicted octanol–water partition coefficient (Wildman–Crippen LogP) is 18.3. The van der Waals surface area contributed by atoms with Crippen molar-refractivity contribution >= 4 is 67.9 Å². The molecule has 0 aliphatic rings. The zero-order chi connectivity index (χ0) is 49.4. The van der Waals surface area contributed by atoms with Gasteiger partial charge in [0.15, 0.2) is 0 Å². The lowest BCUT2D eigenvalue weighted by Crippen LogP contribution is -2.15. The highest BCUT2D eigenvalue weighted by atomic mass is 15.2. The van der Waals surface area contributed by atoms with Crippen LogP contribution in [0, 0.1) is 13.8 Å². The number of aromatic nitrogens is 2. The van der Waals surface area contributed by atoms with Gasteiger partial charge in [-0.2, -0.15) is 0 Å². The van der Waals surface area contributed by atoms with Crippen molar-refractivity contribution in [2.24, 2.45) is 0 Å². The highest BCUT2D eigenvalue weighted by Crippen LogP contribution is 2.42. The lowest BCUT2D eigenvalue weighted by atomic mass is 10.0. The third kappa shape index (κ3) is 9.76. The van der Waals surface area contributed by atoms with Gasteiger partial charge >= 0.3 is 0 Å². The summed E-state index contributed by atoms with van der Waals surface area (Å²) in [4.78, 5) is 20.0. The summed E-state index contributed by atoms with van der Waals surface area (Å²) in [6.45, 7) is 8.49. The number of aryl methyl sites for hydroxylation is 2. The normalized spacial score (nSPS) is 11.5. The van der Waals surface area contributed by atoms with Crippen LogP contribution < -0.4 is 19.6 Å². The first-order chi connectivity index (χ1) is 35.4. The van der Waals surface area contributed by atoms with Crippen molar-refractivity contribution in [1.29, 1.82) is 0 Å². The lowest BCUT2D eigenvalue weighted by Gasteiger charge is -2.29. The Morgan fingerprint density at radius 3 is 1.08 bits per heavy atom. The molecule has 10 aromatic rings. The molecule has 0 atom stereocenters. The molecule has 0 saturated carbocycles. The second kappa shape index (κ2) is 21.3. The molecule has 0 N–H and O–H groups in total. The number of allylic oxidation sites excluding steroid dienone is 3. The molecular formula is C66H58N6. The lowest BCUT2D eigenvalue weighted by molar-refractivity contribution is 1.17. The first-order valence-corrected chi connectivity index (χ1v) is 24.7. The van der Waals surface area contributed by atoms with Crippen LogP contribution in [0.5, 0.6) is 0 Å². The Balaban J connectivity index is 1.01. The molecule has 0 aliphatic carbocycles. The van der Waals surface area contributed by atoms with E-state index in [0.29, 0.717) is 0 Å². The van der Waals surface area contributed by atoms with Crippen LogP contribution in [-0.4, -0.2) is 17.0 Å². The third-order valence-corrected chi connectivity index (χ3v) is 13.2. The van der Waals surface area contributed by atoms with Crippen LogP contribution in [0.15, 0.2) is 254 Å². The van der Waals surface area contributed by atoms with Crippen LogP contribution in [0.3, 0.4) is 0 Å².